The highest BCUT2D eigenvalue weighted by molar-refractivity contribution is 5.79. The van der Waals surface area contributed by atoms with Gasteiger partial charge in [-0.1, -0.05) is 37.0 Å². The molecule has 3 nitrogen and oxygen atoms in total. The van der Waals surface area contributed by atoms with Crippen LogP contribution < -0.4 is 5.32 Å². The third-order valence-electron chi connectivity index (χ3n) is 1.80. The first kappa shape index (κ1) is 14.2. The van der Waals surface area contributed by atoms with E-state index in [2.05, 4.69) is 18.5 Å². The molecule has 88 valence electrons. The van der Waals surface area contributed by atoms with Gasteiger partial charge in [0.1, 0.15) is 0 Å². The highest BCUT2D eigenvalue weighted by Crippen LogP contribution is 1.92. The van der Waals surface area contributed by atoms with E-state index in [4.69, 9.17) is 0 Å². The summed E-state index contributed by atoms with van der Waals surface area (Å²) in [5.41, 5.74) is 1.06. The molecule has 1 amide bonds. The van der Waals surface area contributed by atoms with Crippen LogP contribution in [0.4, 0.5) is 0 Å². The minimum absolute atomic E-state index is 0.0688. The van der Waals surface area contributed by atoms with Crippen LogP contribution in [0.1, 0.15) is 13.8 Å². The van der Waals surface area contributed by atoms with Gasteiger partial charge in [-0.15, -0.1) is 0 Å². The zero-order valence-electron chi connectivity index (χ0n) is 10.1. The molecule has 0 aromatic heterocycles. The molecule has 0 fully saturated rings. The Balaban J connectivity index is 0.000000293. The second-order valence-electron chi connectivity index (χ2n) is 3.39. The summed E-state index contributed by atoms with van der Waals surface area (Å²) in [5.74, 6) is 0.0688. The topological polar surface area (TPSA) is 32.3 Å². The van der Waals surface area contributed by atoms with Gasteiger partial charge >= 0.3 is 0 Å². The summed E-state index contributed by atoms with van der Waals surface area (Å²) in [6, 6.07) is 0. The Bertz CT molecular complexity index is 303. The molecular formula is C13H20N2O. The van der Waals surface area contributed by atoms with Crippen LogP contribution in [0.15, 0.2) is 49.4 Å². The average molecular weight is 220 g/mol. The lowest BCUT2D eigenvalue weighted by Crippen LogP contribution is -2.36. The molecule has 0 saturated heterocycles. The van der Waals surface area contributed by atoms with Crippen molar-refractivity contribution in [2.75, 3.05) is 13.1 Å². The quantitative estimate of drug-likeness (QED) is 0.740. The van der Waals surface area contributed by atoms with E-state index in [1.54, 1.807) is 12.3 Å². The molecule has 0 bridgehead atoms. The predicted octanol–water partition coefficient (Wildman–Crippen LogP) is 2.21. The fraction of sp³-hybridized carbons (Fsp3) is 0.308. The first-order valence-electron chi connectivity index (χ1n) is 5.24. The van der Waals surface area contributed by atoms with Crippen LogP contribution in [0, 0.1) is 0 Å². The molecule has 1 rings (SSSR count). The van der Waals surface area contributed by atoms with E-state index in [9.17, 15) is 4.79 Å². The van der Waals surface area contributed by atoms with Crippen LogP contribution in [-0.2, 0) is 4.79 Å². The van der Waals surface area contributed by atoms with Crippen LogP contribution in [0.2, 0.25) is 0 Å². The summed E-state index contributed by atoms with van der Waals surface area (Å²) in [5, 5.41) is 2.59. The number of carbonyl (C=O) groups excluding carboxylic acids is 1. The molecule has 0 unspecified atom stereocenters. The number of nitrogens with one attached hydrogen (secondary N) is 1. The van der Waals surface area contributed by atoms with Crippen molar-refractivity contribution in [1.29, 1.82) is 0 Å². The molecule has 1 aliphatic rings. The van der Waals surface area contributed by atoms with E-state index in [0.29, 0.717) is 6.54 Å². The molecule has 1 N–H and O–H groups in total. The number of likely N-dealkylation sites (N-methyl/N-ethyl adjacent to an activating group) is 1. The maximum atomic E-state index is 10.6. The van der Waals surface area contributed by atoms with Crippen LogP contribution in [0.5, 0.6) is 0 Å². The Morgan fingerprint density at radius 3 is 2.69 bits per heavy atom. The average Bonchev–Trinajstić information content (AvgIpc) is 2.27. The van der Waals surface area contributed by atoms with Crippen LogP contribution in [0.25, 0.3) is 0 Å². The molecule has 1 heterocycles. The first-order chi connectivity index (χ1) is 7.60. The first-order valence-corrected chi connectivity index (χ1v) is 5.24. The molecule has 16 heavy (non-hydrogen) atoms. The zero-order chi connectivity index (χ0) is 12.4. The molecule has 0 atom stereocenters. The van der Waals surface area contributed by atoms with E-state index >= 15 is 0 Å². The SMILES string of the molecule is C=C/C=C\C(=C)C.CCN1C=CNC(=O)C1. The third-order valence-corrected chi connectivity index (χ3v) is 1.80. The van der Waals surface area contributed by atoms with E-state index in [1.165, 1.54) is 0 Å². The summed E-state index contributed by atoms with van der Waals surface area (Å²) in [4.78, 5) is 12.6. The second-order valence-corrected chi connectivity index (χ2v) is 3.39. The standard InChI is InChI=1S/C7H10.C6H10N2O/c1-4-5-6-7(2)3;1-2-8-4-3-7-6(9)5-8/h4-6H,1-2H2,3H3;3-4H,2,5H2,1H3,(H,7,9)/b6-5-;. The molecule has 1 aliphatic heterocycles. The smallest absolute Gasteiger partial charge is 0.243 e. The van der Waals surface area contributed by atoms with Gasteiger partial charge in [0.15, 0.2) is 0 Å². The van der Waals surface area contributed by atoms with Crippen molar-refractivity contribution in [2.24, 2.45) is 0 Å². The van der Waals surface area contributed by atoms with E-state index in [1.807, 2.05) is 37.1 Å². The number of carbonyl (C=O) groups is 1. The van der Waals surface area contributed by atoms with E-state index in [-0.39, 0.29) is 5.91 Å². The fourth-order valence-electron chi connectivity index (χ4n) is 0.968. The number of hydrogen-bond acceptors (Lipinski definition) is 2. The highest BCUT2D eigenvalue weighted by Gasteiger charge is 2.06. The molecular weight excluding hydrogens is 200 g/mol. The van der Waals surface area contributed by atoms with Crippen molar-refractivity contribution in [3.8, 4) is 0 Å². The molecule has 0 aromatic rings. The molecule has 0 radical (unpaired) electrons. The van der Waals surface area contributed by atoms with Gasteiger partial charge in [-0.2, -0.15) is 0 Å². The highest BCUT2D eigenvalue weighted by atomic mass is 16.2. The Labute approximate surface area is 97.8 Å². The number of rotatable bonds is 3. The number of nitrogens with zero attached hydrogens (tertiary/aromatic N) is 1. The minimum Gasteiger partial charge on any atom is -0.367 e. The van der Waals surface area contributed by atoms with E-state index in [0.717, 1.165) is 12.1 Å². The summed E-state index contributed by atoms with van der Waals surface area (Å²) < 4.78 is 0. The van der Waals surface area contributed by atoms with E-state index < -0.39 is 0 Å². The van der Waals surface area contributed by atoms with Crippen LogP contribution >= 0.6 is 0 Å². The fourth-order valence-corrected chi connectivity index (χ4v) is 0.968. The number of amides is 1. The maximum absolute atomic E-state index is 10.6. The normalized spacial score (nSPS) is 14.1. The van der Waals surface area contributed by atoms with Crippen molar-refractivity contribution in [3.05, 3.63) is 49.4 Å². The van der Waals surface area contributed by atoms with Crippen LogP contribution in [-0.4, -0.2) is 23.9 Å². The van der Waals surface area contributed by atoms with Crippen molar-refractivity contribution < 1.29 is 4.79 Å². The van der Waals surface area contributed by atoms with Gasteiger partial charge in [0.2, 0.25) is 5.91 Å². The lowest BCUT2D eigenvalue weighted by molar-refractivity contribution is -0.121. The van der Waals surface area contributed by atoms with Gasteiger partial charge < -0.3 is 10.2 Å². The number of hydrogen-bond donors (Lipinski definition) is 1. The molecule has 0 aliphatic carbocycles. The van der Waals surface area contributed by atoms with Crippen LogP contribution in [0.3, 0.4) is 0 Å². The van der Waals surface area contributed by atoms with Gasteiger partial charge in [0.05, 0.1) is 6.54 Å². The van der Waals surface area contributed by atoms with Gasteiger partial charge in [0, 0.05) is 18.9 Å². The van der Waals surface area contributed by atoms with Gasteiger partial charge in [-0.05, 0) is 13.8 Å². The lowest BCUT2D eigenvalue weighted by atomic mass is 10.3. The van der Waals surface area contributed by atoms with Crippen molar-refractivity contribution in [1.82, 2.24) is 10.2 Å². The summed E-state index contributed by atoms with van der Waals surface area (Å²) in [6.45, 7) is 12.5. The molecule has 0 saturated carbocycles. The Morgan fingerprint density at radius 2 is 2.38 bits per heavy atom. The van der Waals surface area contributed by atoms with Crippen molar-refractivity contribution >= 4 is 5.91 Å². The minimum atomic E-state index is 0.0688. The zero-order valence-corrected chi connectivity index (χ0v) is 10.1. The Morgan fingerprint density at radius 1 is 1.69 bits per heavy atom. The molecule has 3 heteroatoms. The second kappa shape index (κ2) is 8.53. The Kier molecular flexibility index (Phi) is 7.59. The maximum Gasteiger partial charge on any atom is 0.243 e. The number of allylic oxidation sites excluding steroid dienone is 4. The molecule has 0 spiro atoms. The van der Waals surface area contributed by atoms with Gasteiger partial charge in [-0.25, -0.2) is 0 Å². The lowest BCUT2D eigenvalue weighted by Gasteiger charge is -2.20. The largest absolute Gasteiger partial charge is 0.367 e. The predicted molar refractivity (Wildman–Crippen MR) is 68.7 cm³/mol. The monoisotopic (exact) mass is 220 g/mol. The third kappa shape index (κ3) is 7.62. The summed E-state index contributed by atoms with van der Waals surface area (Å²) >= 11 is 0. The summed E-state index contributed by atoms with van der Waals surface area (Å²) in [7, 11) is 0. The van der Waals surface area contributed by atoms with Gasteiger partial charge in [0.25, 0.3) is 0 Å². The van der Waals surface area contributed by atoms with Crippen molar-refractivity contribution in [2.45, 2.75) is 13.8 Å². The van der Waals surface area contributed by atoms with Crippen molar-refractivity contribution in [3.63, 3.8) is 0 Å². The molecule has 0 aromatic carbocycles. The Hall–Kier alpha value is -1.77. The van der Waals surface area contributed by atoms with Gasteiger partial charge in [-0.3, -0.25) is 4.79 Å². The summed E-state index contributed by atoms with van der Waals surface area (Å²) in [6.07, 6.45) is 9.04.